The van der Waals surface area contributed by atoms with Gasteiger partial charge in [0, 0.05) is 22.7 Å². The number of nitrogens with zero attached hydrogens (tertiary/aromatic N) is 1. The minimum Gasteiger partial charge on any atom is -0.469 e. The summed E-state index contributed by atoms with van der Waals surface area (Å²) in [5, 5.41) is 3.03. The third-order valence-electron chi connectivity index (χ3n) is 3.33. The molecule has 1 amide bonds. The van der Waals surface area contributed by atoms with Crippen molar-refractivity contribution in [3.63, 3.8) is 0 Å². The van der Waals surface area contributed by atoms with E-state index in [9.17, 15) is 4.79 Å². The van der Waals surface area contributed by atoms with Gasteiger partial charge in [0.05, 0.1) is 12.3 Å². The second kappa shape index (κ2) is 5.17. The lowest BCUT2D eigenvalue weighted by Gasteiger charge is -2.22. The Bertz CT molecular complexity index is 609. The van der Waals surface area contributed by atoms with E-state index in [2.05, 4.69) is 26.2 Å². The predicted molar refractivity (Wildman–Crippen MR) is 73.8 cm³/mol. The number of fused-ring (bicyclic) bond motifs is 1. The van der Waals surface area contributed by atoms with Crippen molar-refractivity contribution in [2.24, 2.45) is 0 Å². The molecular weight excluding hydrogens is 308 g/mol. The highest BCUT2D eigenvalue weighted by Crippen LogP contribution is 2.30. The van der Waals surface area contributed by atoms with Crippen LogP contribution in [0.5, 0.6) is 0 Å². The van der Waals surface area contributed by atoms with Crippen LogP contribution in [0.3, 0.4) is 0 Å². The van der Waals surface area contributed by atoms with E-state index in [1.165, 1.54) is 0 Å². The normalized spacial score (nSPS) is 17.8. The molecular formula is C14H13BrN2O2. The van der Waals surface area contributed by atoms with Crippen molar-refractivity contribution in [2.75, 3.05) is 0 Å². The van der Waals surface area contributed by atoms with Gasteiger partial charge in [0.1, 0.15) is 11.5 Å². The molecule has 0 saturated carbocycles. The van der Waals surface area contributed by atoms with Gasteiger partial charge in [0.15, 0.2) is 0 Å². The molecule has 2 aromatic heterocycles. The first-order valence-corrected chi connectivity index (χ1v) is 7.02. The van der Waals surface area contributed by atoms with Crippen molar-refractivity contribution in [1.29, 1.82) is 0 Å². The number of halogens is 1. The van der Waals surface area contributed by atoms with Gasteiger partial charge < -0.3 is 9.73 Å². The molecule has 0 spiro atoms. The van der Waals surface area contributed by atoms with E-state index in [1.54, 1.807) is 18.5 Å². The zero-order valence-electron chi connectivity index (χ0n) is 10.2. The average molecular weight is 321 g/mol. The number of hydrogen-bond donors (Lipinski definition) is 1. The van der Waals surface area contributed by atoms with Crippen LogP contribution in [0.25, 0.3) is 0 Å². The molecule has 5 heteroatoms. The summed E-state index contributed by atoms with van der Waals surface area (Å²) in [6, 6.07) is 5.55. The van der Waals surface area contributed by atoms with Gasteiger partial charge >= 0.3 is 0 Å². The van der Waals surface area contributed by atoms with Gasteiger partial charge in [0.25, 0.3) is 5.91 Å². The molecule has 1 atom stereocenters. The molecule has 1 unspecified atom stereocenters. The van der Waals surface area contributed by atoms with E-state index in [0.29, 0.717) is 10.2 Å². The summed E-state index contributed by atoms with van der Waals surface area (Å²) < 4.78 is 6.13. The third-order valence-corrected chi connectivity index (χ3v) is 3.97. The van der Waals surface area contributed by atoms with Crippen molar-refractivity contribution >= 4 is 21.8 Å². The molecule has 1 aliphatic rings. The van der Waals surface area contributed by atoms with Crippen molar-refractivity contribution in [3.8, 4) is 0 Å². The van der Waals surface area contributed by atoms with Gasteiger partial charge in [-0.25, -0.2) is 4.98 Å². The number of furan rings is 1. The number of aromatic nitrogens is 1. The number of aryl methyl sites for hydroxylation is 1. The molecule has 0 aromatic carbocycles. The van der Waals surface area contributed by atoms with E-state index in [4.69, 9.17) is 4.42 Å². The summed E-state index contributed by atoms with van der Waals surface area (Å²) in [5.74, 6) is 0.822. The fourth-order valence-corrected chi connectivity index (χ4v) is 2.85. The first-order valence-electron chi connectivity index (χ1n) is 6.23. The van der Waals surface area contributed by atoms with Gasteiger partial charge in [-0.1, -0.05) is 0 Å². The molecule has 98 valence electrons. The van der Waals surface area contributed by atoms with Gasteiger partial charge in [-0.3, -0.25) is 4.79 Å². The molecule has 0 radical (unpaired) electrons. The maximum atomic E-state index is 12.2. The molecule has 3 rings (SSSR count). The quantitative estimate of drug-likeness (QED) is 0.924. The Labute approximate surface area is 119 Å². The van der Waals surface area contributed by atoms with Gasteiger partial charge in [-0.15, -0.1) is 0 Å². The largest absolute Gasteiger partial charge is 0.469 e. The Morgan fingerprint density at radius 1 is 1.47 bits per heavy atom. The van der Waals surface area contributed by atoms with E-state index in [-0.39, 0.29) is 11.9 Å². The topological polar surface area (TPSA) is 55.1 Å². The Balaban J connectivity index is 1.80. The minimum atomic E-state index is -0.161. The van der Waals surface area contributed by atoms with Crippen molar-refractivity contribution in [1.82, 2.24) is 10.3 Å². The molecule has 1 aliphatic carbocycles. The molecule has 0 aliphatic heterocycles. The van der Waals surface area contributed by atoms with Gasteiger partial charge in [-0.05, 0) is 47.0 Å². The molecule has 1 N–H and O–H groups in total. The van der Waals surface area contributed by atoms with Crippen LogP contribution >= 0.6 is 15.9 Å². The van der Waals surface area contributed by atoms with E-state index < -0.39 is 0 Å². The van der Waals surface area contributed by atoms with Gasteiger partial charge in [0.2, 0.25) is 0 Å². The highest BCUT2D eigenvalue weighted by atomic mass is 79.9. The number of rotatable bonds is 2. The Kier molecular flexibility index (Phi) is 3.38. The lowest BCUT2D eigenvalue weighted by molar-refractivity contribution is 0.0926. The number of amides is 1. The van der Waals surface area contributed by atoms with E-state index in [0.717, 1.165) is 30.6 Å². The standard InChI is InChI=1S/C14H13BrN2O2/c15-10-3-2-7-16-13(10)14(18)17-11-4-1-5-12-9(11)6-8-19-12/h2-3,6-8,11H,1,4-5H2,(H,17,18). The zero-order valence-corrected chi connectivity index (χ0v) is 11.8. The van der Waals surface area contributed by atoms with Crippen molar-refractivity contribution in [2.45, 2.75) is 25.3 Å². The number of hydrogen-bond acceptors (Lipinski definition) is 3. The van der Waals surface area contributed by atoms with Crippen LogP contribution in [0.1, 0.15) is 40.7 Å². The van der Waals surface area contributed by atoms with Crippen LogP contribution in [0.2, 0.25) is 0 Å². The molecule has 0 bridgehead atoms. The van der Waals surface area contributed by atoms with Crippen molar-refractivity contribution in [3.05, 3.63) is 52.1 Å². The van der Waals surface area contributed by atoms with Crippen LogP contribution in [-0.2, 0) is 6.42 Å². The first kappa shape index (κ1) is 12.4. The molecule has 0 fully saturated rings. The zero-order chi connectivity index (χ0) is 13.2. The summed E-state index contributed by atoms with van der Waals surface area (Å²) in [5.41, 5.74) is 1.50. The maximum Gasteiger partial charge on any atom is 0.271 e. The summed E-state index contributed by atoms with van der Waals surface area (Å²) in [4.78, 5) is 16.3. The van der Waals surface area contributed by atoms with Crippen LogP contribution in [-0.4, -0.2) is 10.9 Å². The third kappa shape index (κ3) is 2.42. The monoisotopic (exact) mass is 320 g/mol. The number of pyridine rings is 1. The Morgan fingerprint density at radius 3 is 3.21 bits per heavy atom. The first-order chi connectivity index (χ1) is 9.25. The molecule has 2 heterocycles. The SMILES string of the molecule is O=C(NC1CCCc2occc21)c1ncccc1Br. The van der Waals surface area contributed by atoms with E-state index >= 15 is 0 Å². The second-order valence-corrected chi connectivity index (χ2v) is 5.41. The van der Waals surface area contributed by atoms with Crippen LogP contribution < -0.4 is 5.32 Å². The fraction of sp³-hybridized carbons (Fsp3) is 0.286. The van der Waals surface area contributed by atoms with Crippen LogP contribution in [0, 0.1) is 0 Å². The number of carbonyl (C=O) groups excluding carboxylic acids is 1. The highest BCUT2D eigenvalue weighted by Gasteiger charge is 2.25. The Morgan fingerprint density at radius 2 is 2.37 bits per heavy atom. The van der Waals surface area contributed by atoms with Crippen LogP contribution in [0.4, 0.5) is 0 Å². The Hall–Kier alpha value is -1.62. The molecule has 0 saturated heterocycles. The van der Waals surface area contributed by atoms with Crippen molar-refractivity contribution < 1.29 is 9.21 Å². The summed E-state index contributed by atoms with van der Waals surface area (Å²) in [6.45, 7) is 0. The predicted octanol–water partition coefficient (Wildman–Crippen LogP) is 3.24. The lowest BCUT2D eigenvalue weighted by atomic mass is 9.93. The number of nitrogens with one attached hydrogen (secondary N) is 1. The molecule has 2 aromatic rings. The fourth-order valence-electron chi connectivity index (χ4n) is 2.42. The summed E-state index contributed by atoms with van der Waals surface area (Å²) in [7, 11) is 0. The van der Waals surface area contributed by atoms with E-state index in [1.807, 2.05) is 12.1 Å². The average Bonchev–Trinajstić information content (AvgIpc) is 2.88. The minimum absolute atomic E-state index is 0.0175. The summed E-state index contributed by atoms with van der Waals surface area (Å²) >= 11 is 3.34. The van der Waals surface area contributed by atoms with Gasteiger partial charge in [-0.2, -0.15) is 0 Å². The van der Waals surface area contributed by atoms with Crippen LogP contribution in [0.15, 0.2) is 39.5 Å². The highest BCUT2D eigenvalue weighted by molar-refractivity contribution is 9.10. The second-order valence-electron chi connectivity index (χ2n) is 4.55. The molecule has 4 nitrogen and oxygen atoms in total. The smallest absolute Gasteiger partial charge is 0.271 e. The maximum absolute atomic E-state index is 12.2. The lowest BCUT2D eigenvalue weighted by Crippen LogP contribution is -2.31. The number of carbonyl (C=O) groups is 1. The molecule has 19 heavy (non-hydrogen) atoms. The summed E-state index contributed by atoms with van der Waals surface area (Å²) in [6.07, 6.45) is 6.20.